The van der Waals surface area contributed by atoms with Gasteiger partial charge in [-0.2, -0.15) is 0 Å². The Bertz CT molecular complexity index is 675. The van der Waals surface area contributed by atoms with Gasteiger partial charge in [-0.25, -0.2) is 0 Å². The summed E-state index contributed by atoms with van der Waals surface area (Å²) >= 11 is 0. The van der Waals surface area contributed by atoms with E-state index < -0.39 is 11.8 Å². The fraction of sp³-hybridized carbons (Fsp3) is 0.619. The Morgan fingerprint density at radius 2 is 2.12 bits per heavy atom. The first kappa shape index (κ1) is 18.9. The van der Waals surface area contributed by atoms with Crippen LogP contribution in [0.4, 0.5) is 0 Å². The fourth-order valence-corrected chi connectivity index (χ4v) is 4.32. The zero-order valence-electron chi connectivity index (χ0n) is 16.1. The van der Waals surface area contributed by atoms with Crippen LogP contribution in [-0.4, -0.2) is 41.6 Å². The molecule has 0 bridgehead atoms. The summed E-state index contributed by atoms with van der Waals surface area (Å²) in [5.74, 6) is 0.281. The van der Waals surface area contributed by atoms with E-state index in [1.165, 1.54) is 0 Å². The Labute approximate surface area is 156 Å². The minimum atomic E-state index is -0.648. The molecule has 26 heavy (non-hydrogen) atoms. The lowest BCUT2D eigenvalue weighted by Gasteiger charge is -2.43. The summed E-state index contributed by atoms with van der Waals surface area (Å²) in [7, 11) is 0. The van der Waals surface area contributed by atoms with Gasteiger partial charge in [-0.15, -0.1) is 0 Å². The standard InChI is InChI=1S/C21H30N2O3/c1-4-12-22-19(24)18-14-26-21(11-7-8-15(2)13-21)23(18)20(25)17-10-6-5-9-16(17)3/h5-6,9-10,15,18H,4,7-8,11-14H2,1-3H3,(H,22,24)/t15-,18-,21+/m0/s1. The summed E-state index contributed by atoms with van der Waals surface area (Å²) in [4.78, 5) is 28.0. The highest BCUT2D eigenvalue weighted by Crippen LogP contribution is 2.43. The molecule has 2 fully saturated rings. The van der Waals surface area contributed by atoms with Gasteiger partial charge >= 0.3 is 0 Å². The van der Waals surface area contributed by atoms with Crippen molar-refractivity contribution >= 4 is 11.8 Å². The third kappa shape index (κ3) is 3.50. The van der Waals surface area contributed by atoms with Gasteiger partial charge < -0.3 is 10.1 Å². The highest BCUT2D eigenvalue weighted by molar-refractivity contribution is 5.99. The van der Waals surface area contributed by atoms with Crippen molar-refractivity contribution in [3.8, 4) is 0 Å². The zero-order valence-corrected chi connectivity index (χ0v) is 16.1. The van der Waals surface area contributed by atoms with E-state index in [2.05, 4.69) is 12.2 Å². The summed E-state index contributed by atoms with van der Waals surface area (Å²) in [6.07, 6.45) is 4.62. The second kappa shape index (κ2) is 7.78. The highest BCUT2D eigenvalue weighted by atomic mass is 16.5. The summed E-state index contributed by atoms with van der Waals surface area (Å²) < 4.78 is 6.20. The molecular formula is C21H30N2O3. The quantitative estimate of drug-likeness (QED) is 0.899. The number of hydrogen-bond acceptors (Lipinski definition) is 3. The van der Waals surface area contributed by atoms with Crippen LogP contribution in [0.3, 0.4) is 0 Å². The first-order valence-electron chi connectivity index (χ1n) is 9.79. The van der Waals surface area contributed by atoms with E-state index in [1.54, 1.807) is 4.90 Å². The average molecular weight is 358 g/mol. The van der Waals surface area contributed by atoms with Crippen molar-refractivity contribution in [2.24, 2.45) is 5.92 Å². The molecule has 3 rings (SSSR count). The van der Waals surface area contributed by atoms with Crippen molar-refractivity contribution in [2.45, 2.75) is 64.6 Å². The molecule has 1 aromatic rings. The van der Waals surface area contributed by atoms with Gasteiger partial charge in [0.15, 0.2) is 0 Å². The average Bonchev–Trinajstić information content (AvgIpc) is 2.97. The molecule has 0 radical (unpaired) electrons. The Hall–Kier alpha value is -1.88. The molecule has 1 aromatic carbocycles. The van der Waals surface area contributed by atoms with E-state index >= 15 is 0 Å². The highest BCUT2D eigenvalue weighted by Gasteiger charge is 2.54. The molecule has 3 atom stereocenters. The second-order valence-corrected chi connectivity index (χ2v) is 7.76. The summed E-state index contributed by atoms with van der Waals surface area (Å²) in [6.45, 7) is 7.05. The maximum atomic E-state index is 13.5. The molecule has 1 N–H and O–H groups in total. The van der Waals surface area contributed by atoms with Crippen LogP contribution in [-0.2, 0) is 9.53 Å². The van der Waals surface area contributed by atoms with E-state index in [-0.39, 0.29) is 18.4 Å². The summed E-state index contributed by atoms with van der Waals surface area (Å²) in [5.41, 5.74) is 0.936. The molecule has 0 unspecified atom stereocenters. The minimum Gasteiger partial charge on any atom is -0.354 e. The molecule has 5 nitrogen and oxygen atoms in total. The Balaban J connectivity index is 1.95. The fourth-order valence-electron chi connectivity index (χ4n) is 4.32. The number of nitrogens with one attached hydrogen (secondary N) is 1. The Morgan fingerprint density at radius 1 is 1.35 bits per heavy atom. The van der Waals surface area contributed by atoms with Crippen LogP contribution in [0, 0.1) is 12.8 Å². The molecule has 5 heteroatoms. The number of carbonyl (C=O) groups excluding carboxylic acids is 2. The molecule has 2 aliphatic rings. The number of rotatable bonds is 4. The molecular weight excluding hydrogens is 328 g/mol. The number of benzene rings is 1. The van der Waals surface area contributed by atoms with Crippen molar-refractivity contribution in [3.05, 3.63) is 35.4 Å². The van der Waals surface area contributed by atoms with Gasteiger partial charge in [-0.1, -0.05) is 38.5 Å². The number of nitrogens with zero attached hydrogens (tertiary/aromatic N) is 1. The Kier molecular flexibility index (Phi) is 5.66. The smallest absolute Gasteiger partial charge is 0.257 e. The first-order valence-corrected chi connectivity index (χ1v) is 9.79. The molecule has 1 spiro atoms. The van der Waals surface area contributed by atoms with Gasteiger partial charge in [0.1, 0.15) is 11.8 Å². The molecule has 142 valence electrons. The van der Waals surface area contributed by atoms with E-state index in [0.717, 1.165) is 37.7 Å². The van der Waals surface area contributed by atoms with Gasteiger partial charge in [-0.05, 0) is 50.2 Å². The topological polar surface area (TPSA) is 58.6 Å². The molecule has 0 aromatic heterocycles. The van der Waals surface area contributed by atoms with Crippen molar-refractivity contribution in [2.75, 3.05) is 13.2 Å². The van der Waals surface area contributed by atoms with Crippen LogP contribution in [0.1, 0.15) is 61.9 Å². The number of ether oxygens (including phenoxy) is 1. The van der Waals surface area contributed by atoms with Crippen LogP contribution >= 0.6 is 0 Å². The lowest BCUT2D eigenvalue weighted by molar-refractivity contribution is -0.128. The van der Waals surface area contributed by atoms with Crippen LogP contribution in [0.15, 0.2) is 24.3 Å². The maximum absolute atomic E-state index is 13.5. The molecule has 1 aliphatic heterocycles. The number of hydrogen-bond donors (Lipinski definition) is 1. The summed E-state index contributed by atoms with van der Waals surface area (Å²) in [5, 5.41) is 2.95. The van der Waals surface area contributed by atoms with Crippen LogP contribution in [0.2, 0.25) is 0 Å². The third-order valence-corrected chi connectivity index (χ3v) is 5.64. The van der Waals surface area contributed by atoms with Crippen molar-refractivity contribution < 1.29 is 14.3 Å². The monoisotopic (exact) mass is 358 g/mol. The summed E-state index contributed by atoms with van der Waals surface area (Å²) in [6, 6.07) is 7.03. The Morgan fingerprint density at radius 3 is 2.81 bits per heavy atom. The van der Waals surface area contributed by atoms with Gasteiger partial charge in [0, 0.05) is 12.1 Å². The van der Waals surface area contributed by atoms with Crippen molar-refractivity contribution in [3.63, 3.8) is 0 Å². The predicted octanol–water partition coefficient (Wildman–Crippen LogP) is 3.27. The first-order chi connectivity index (χ1) is 12.5. The third-order valence-electron chi connectivity index (χ3n) is 5.64. The molecule has 1 saturated carbocycles. The molecule has 1 saturated heterocycles. The van der Waals surface area contributed by atoms with E-state index in [4.69, 9.17) is 4.74 Å². The van der Waals surface area contributed by atoms with Gasteiger partial charge in [0.25, 0.3) is 5.91 Å². The number of aryl methyl sites for hydroxylation is 1. The molecule has 1 aliphatic carbocycles. The van der Waals surface area contributed by atoms with Crippen LogP contribution < -0.4 is 5.32 Å². The van der Waals surface area contributed by atoms with E-state index in [9.17, 15) is 9.59 Å². The van der Waals surface area contributed by atoms with Crippen LogP contribution in [0.5, 0.6) is 0 Å². The van der Waals surface area contributed by atoms with Crippen molar-refractivity contribution in [1.82, 2.24) is 10.2 Å². The van der Waals surface area contributed by atoms with Gasteiger partial charge in [0.2, 0.25) is 5.91 Å². The van der Waals surface area contributed by atoms with Gasteiger partial charge in [-0.3, -0.25) is 14.5 Å². The molecule has 1 heterocycles. The lowest BCUT2D eigenvalue weighted by atomic mass is 9.82. The second-order valence-electron chi connectivity index (χ2n) is 7.76. The number of amides is 2. The predicted molar refractivity (Wildman–Crippen MR) is 101 cm³/mol. The maximum Gasteiger partial charge on any atom is 0.257 e. The lowest BCUT2D eigenvalue weighted by Crippen LogP contribution is -2.57. The minimum absolute atomic E-state index is 0.0913. The SMILES string of the molecule is CCCNC(=O)[C@@H]1CO[C@@]2(CCC[C@H](C)C2)N1C(=O)c1ccccc1C. The zero-order chi connectivity index (χ0) is 18.7. The van der Waals surface area contributed by atoms with E-state index in [0.29, 0.717) is 18.0 Å². The van der Waals surface area contributed by atoms with E-state index in [1.807, 2.05) is 38.1 Å². The number of carbonyl (C=O) groups is 2. The van der Waals surface area contributed by atoms with Crippen molar-refractivity contribution in [1.29, 1.82) is 0 Å². The molecule has 2 amide bonds. The van der Waals surface area contributed by atoms with Crippen LogP contribution in [0.25, 0.3) is 0 Å². The normalized spacial score (nSPS) is 28.3. The largest absolute Gasteiger partial charge is 0.354 e. The van der Waals surface area contributed by atoms with Gasteiger partial charge in [0.05, 0.1) is 6.61 Å².